The molecule has 1 aliphatic rings. The molecule has 1 aromatic heterocycles. The number of fused-ring (bicyclic) bond motifs is 10. The van der Waals surface area contributed by atoms with Crippen LogP contribution in [-0.2, 0) is 0 Å². The Kier molecular flexibility index (Phi) is 3.73. The molecule has 0 amide bonds. The van der Waals surface area contributed by atoms with E-state index in [9.17, 15) is 6.85 Å². The molecular formula is C46H29NOS. The Morgan fingerprint density at radius 2 is 1.29 bits per heavy atom. The van der Waals surface area contributed by atoms with Crippen LogP contribution in [0.2, 0.25) is 0 Å². The monoisotopic (exact) mass is 659 g/mol. The van der Waals surface area contributed by atoms with Crippen molar-refractivity contribution in [2.75, 3.05) is 4.90 Å². The van der Waals surface area contributed by atoms with E-state index in [4.69, 9.17) is 19.8 Å². The maximum absolute atomic E-state index is 9.91. The molecule has 0 saturated heterocycles. The Hall–Kier alpha value is -6.16. The summed E-state index contributed by atoms with van der Waals surface area (Å²) in [6, 6.07) is 13.1. The minimum absolute atomic E-state index is 0.00291. The van der Waals surface area contributed by atoms with Gasteiger partial charge in [-0.15, -0.1) is 11.3 Å². The molecule has 0 atom stereocenters. The van der Waals surface area contributed by atoms with Gasteiger partial charge in [0, 0.05) is 59.9 Å². The Balaban J connectivity index is 1.39. The molecule has 10 rings (SSSR count). The molecule has 0 fully saturated rings. The highest BCUT2D eigenvalue weighted by Crippen LogP contribution is 2.52. The summed E-state index contributed by atoms with van der Waals surface area (Å²) >= 11 is 0.812. The lowest BCUT2D eigenvalue weighted by Gasteiger charge is -2.29. The summed E-state index contributed by atoms with van der Waals surface area (Å²) < 4.78 is 150. The molecule has 49 heavy (non-hydrogen) atoms. The van der Waals surface area contributed by atoms with Crippen molar-refractivity contribution in [3.05, 3.63) is 176 Å². The van der Waals surface area contributed by atoms with E-state index in [2.05, 4.69) is 0 Å². The first kappa shape index (κ1) is 16.3. The van der Waals surface area contributed by atoms with E-state index in [1.165, 1.54) is 0 Å². The van der Waals surface area contributed by atoms with Crippen LogP contribution in [-0.4, -0.2) is 0 Å². The first-order valence-corrected chi connectivity index (χ1v) is 16.1. The van der Waals surface area contributed by atoms with Crippen LogP contribution >= 0.6 is 11.3 Å². The molecule has 230 valence electrons. The van der Waals surface area contributed by atoms with Crippen molar-refractivity contribution < 1.29 is 26.7 Å². The number of hydrogen-bond acceptors (Lipinski definition) is 3. The normalized spacial score (nSPS) is 16.4. The average molecular weight is 660 g/mol. The van der Waals surface area contributed by atoms with E-state index in [1.54, 1.807) is 30.3 Å². The lowest BCUT2D eigenvalue weighted by atomic mass is 9.89. The summed E-state index contributed by atoms with van der Waals surface area (Å²) in [5.41, 5.74) is 0.879. The largest absolute Gasteiger partial charge is 0.456 e. The summed E-state index contributed by atoms with van der Waals surface area (Å²) in [4.78, 5) is 1.12. The third kappa shape index (κ3) is 4.55. The number of benzene rings is 8. The Labute approximate surface area is 311 Å². The van der Waals surface area contributed by atoms with Crippen molar-refractivity contribution in [2.45, 2.75) is 0 Å². The molecule has 0 radical (unpaired) electrons. The van der Waals surface area contributed by atoms with Crippen molar-refractivity contribution in [2.24, 2.45) is 0 Å². The van der Waals surface area contributed by atoms with Crippen LogP contribution in [0.5, 0.6) is 11.5 Å². The maximum atomic E-state index is 9.91. The number of nitrogens with zero attached hydrogens (tertiary/aromatic N) is 1. The summed E-state index contributed by atoms with van der Waals surface area (Å²) in [6.45, 7) is 0. The summed E-state index contributed by atoms with van der Waals surface area (Å²) in [6.07, 6.45) is 0. The zero-order valence-electron chi connectivity index (χ0n) is 41.3. The van der Waals surface area contributed by atoms with E-state index < -0.39 is 119 Å². The number of anilines is 3. The molecule has 3 heteroatoms. The summed E-state index contributed by atoms with van der Waals surface area (Å²) in [7, 11) is 0. The van der Waals surface area contributed by atoms with Crippen molar-refractivity contribution >= 4 is 59.3 Å². The van der Waals surface area contributed by atoms with Crippen molar-refractivity contribution in [1.82, 2.24) is 0 Å². The molecular weight excluding hydrogens is 615 g/mol. The lowest BCUT2D eigenvalue weighted by molar-refractivity contribution is 0.488. The Bertz CT molecular complexity index is 3600. The van der Waals surface area contributed by atoms with Gasteiger partial charge in [0.25, 0.3) is 0 Å². The molecule has 0 unspecified atom stereocenters. The van der Waals surface area contributed by atoms with Gasteiger partial charge in [-0.25, -0.2) is 0 Å². The predicted molar refractivity (Wildman–Crippen MR) is 208 cm³/mol. The average Bonchev–Trinajstić information content (AvgIpc) is 3.66. The second-order valence-corrected chi connectivity index (χ2v) is 12.3. The van der Waals surface area contributed by atoms with Crippen molar-refractivity contribution in [3.63, 3.8) is 0 Å². The number of para-hydroxylation sites is 2. The first-order valence-electron chi connectivity index (χ1n) is 23.3. The highest BCUT2D eigenvalue weighted by Gasteiger charge is 2.25. The van der Waals surface area contributed by atoms with E-state index in [1.807, 2.05) is 48.5 Å². The molecule has 8 aromatic carbocycles. The van der Waals surface area contributed by atoms with Gasteiger partial charge in [-0.3, -0.25) is 0 Å². The fourth-order valence-corrected chi connectivity index (χ4v) is 7.35. The maximum Gasteiger partial charge on any atom is 0.137 e. The molecule has 2 heterocycles. The molecule has 1 aliphatic heterocycles. The number of thiophene rings is 1. The minimum atomic E-state index is -0.806. The SMILES string of the molecule is [2H]c1c([2H])c([2H])c(-c2c([2H])c([2H])c([2H])c([2H])c2N(c2ccc3c(c2)Oc2ccccc2-c2ccc4ccccc4c2-3)c2c([2H])c([2H])c3sc4c([2H])c([2H])c([2H])c([2H])c4c3c2[2H])c([2H])c1[2H]. The molecule has 0 bridgehead atoms. The molecule has 0 N–H and O–H groups in total. The Morgan fingerprint density at radius 1 is 0.510 bits per heavy atom. The van der Waals surface area contributed by atoms with Gasteiger partial charge in [0.05, 0.1) is 27.6 Å². The van der Waals surface area contributed by atoms with Gasteiger partial charge < -0.3 is 9.64 Å². The van der Waals surface area contributed by atoms with E-state index in [0.717, 1.165) is 43.7 Å². The molecule has 0 spiro atoms. The number of rotatable bonds is 4. The van der Waals surface area contributed by atoms with Gasteiger partial charge in [0.15, 0.2) is 0 Å². The van der Waals surface area contributed by atoms with Crippen LogP contribution in [0, 0.1) is 0 Å². The van der Waals surface area contributed by atoms with Gasteiger partial charge in [0.2, 0.25) is 0 Å². The Morgan fingerprint density at radius 3 is 2.24 bits per heavy atom. The van der Waals surface area contributed by atoms with Crippen LogP contribution in [0.25, 0.3) is 64.3 Å². The van der Waals surface area contributed by atoms with Crippen LogP contribution in [0.3, 0.4) is 0 Å². The van der Waals surface area contributed by atoms with Crippen molar-refractivity contribution in [3.8, 4) is 44.9 Å². The lowest BCUT2D eigenvalue weighted by Crippen LogP contribution is -2.11. The smallest absolute Gasteiger partial charge is 0.137 e. The van der Waals surface area contributed by atoms with Gasteiger partial charge >= 0.3 is 0 Å². The second kappa shape index (κ2) is 11.2. The number of ether oxygens (including phenoxy) is 1. The third-order valence-corrected chi connectivity index (χ3v) is 9.58. The highest BCUT2D eigenvalue weighted by atomic mass is 32.1. The minimum Gasteiger partial charge on any atom is -0.456 e. The molecule has 9 aromatic rings. The number of hydrogen-bond donors (Lipinski definition) is 0. The molecule has 0 saturated carbocycles. The second-order valence-electron chi connectivity index (χ2n) is 11.3. The molecule has 0 aliphatic carbocycles. The topological polar surface area (TPSA) is 12.5 Å². The third-order valence-electron chi connectivity index (χ3n) is 8.56. The summed E-state index contributed by atoms with van der Waals surface area (Å²) in [5.74, 6) is 0.699. The van der Waals surface area contributed by atoms with Crippen LogP contribution < -0.4 is 9.64 Å². The van der Waals surface area contributed by atoms with E-state index in [-0.39, 0.29) is 31.6 Å². The van der Waals surface area contributed by atoms with E-state index in [0.29, 0.717) is 11.3 Å². The zero-order valence-corrected chi connectivity index (χ0v) is 26.1. The van der Waals surface area contributed by atoms with Gasteiger partial charge in [0.1, 0.15) is 11.5 Å². The van der Waals surface area contributed by atoms with Crippen LogP contribution in [0.4, 0.5) is 17.1 Å². The molecule has 2 nitrogen and oxygen atoms in total. The van der Waals surface area contributed by atoms with Gasteiger partial charge in [-0.05, 0) is 70.3 Å². The van der Waals surface area contributed by atoms with Gasteiger partial charge in [-0.1, -0.05) is 121 Å². The fourth-order valence-electron chi connectivity index (χ4n) is 6.43. The first-order chi connectivity index (χ1) is 31.0. The van der Waals surface area contributed by atoms with E-state index >= 15 is 0 Å². The predicted octanol–water partition coefficient (Wildman–Crippen LogP) is 13.8. The highest BCUT2D eigenvalue weighted by molar-refractivity contribution is 7.25. The van der Waals surface area contributed by atoms with Crippen LogP contribution in [0.1, 0.15) is 21.9 Å². The quantitative estimate of drug-likeness (QED) is 0.186. The summed E-state index contributed by atoms with van der Waals surface area (Å²) in [5, 5.41) is 1.60. The standard InChI is InChI=1S/C46H29NOS/c1-2-12-30(13-3-1)34-15-6-9-19-41(34)47(32-24-27-45-40(28-32)37-18-8-11-21-44(37)49-45)33-23-26-39-43(29-33)48-42-20-10-7-17-36(42)38-25-22-31-14-4-5-16-35(31)46(38)39/h1-29H/i1D,2D,3D,6D,8D,9D,11D,12D,13D,15D,18D,19D,21D,24D,27D,28D. The van der Waals surface area contributed by atoms with Crippen LogP contribution in [0.15, 0.2) is 176 Å². The zero-order chi connectivity index (χ0) is 46.2. The fraction of sp³-hybridized carbons (Fsp3) is 0. The van der Waals surface area contributed by atoms with Crippen molar-refractivity contribution in [1.29, 1.82) is 0 Å². The van der Waals surface area contributed by atoms with Gasteiger partial charge in [-0.2, -0.15) is 0 Å².